The van der Waals surface area contributed by atoms with Crippen LogP contribution in [0.1, 0.15) is 39.9 Å². The maximum Gasteiger partial charge on any atom is 0.251 e. The summed E-state index contributed by atoms with van der Waals surface area (Å²) in [5.74, 6) is -1.32. The fourth-order valence-corrected chi connectivity index (χ4v) is 8.27. The molecule has 2 amide bonds. The van der Waals surface area contributed by atoms with Crippen LogP contribution in [-0.2, 0) is 20.5 Å². The van der Waals surface area contributed by atoms with Crippen LogP contribution in [0.4, 0.5) is 11.4 Å². The smallest absolute Gasteiger partial charge is 0.251 e. The number of carbonyl (C=O) groups is 3. The predicted octanol–water partition coefficient (Wildman–Crippen LogP) is 5.16. The first-order chi connectivity index (χ1) is 19.0. The van der Waals surface area contributed by atoms with Crippen LogP contribution in [0, 0.1) is 12.8 Å². The average molecular weight is 514 g/mol. The van der Waals surface area contributed by atoms with Gasteiger partial charge in [-0.2, -0.15) is 0 Å². The lowest BCUT2D eigenvalue weighted by molar-refractivity contribution is -0.137. The summed E-state index contributed by atoms with van der Waals surface area (Å²) >= 11 is 0. The molecule has 0 bridgehead atoms. The number of ketones is 1. The molecule has 0 radical (unpaired) electrons. The van der Waals surface area contributed by atoms with Crippen LogP contribution in [-0.4, -0.2) is 35.1 Å². The Balaban J connectivity index is 1.46. The number of fused-ring (bicyclic) bond motifs is 8. The van der Waals surface area contributed by atoms with Crippen molar-refractivity contribution in [1.82, 2.24) is 4.90 Å². The molecule has 8 rings (SSSR count). The lowest BCUT2D eigenvalue weighted by atomic mass is 9.57. The molecule has 4 atom stereocenters. The third-order valence-electron chi connectivity index (χ3n) is 9.66. The standard InChI is InChI=1S/C33H27N3O3/c1-19-8-6-12-24-28(19)35-31(39)33(24)32(23-11-4-5-13-25(23)34-30(32)38)27(26-14-7-17-36(26)33)29(37)22-16-15-20-9-2-3-10-21(20)18-22/h2-6,8-13,15-16,18,26-27H,7,14,17H2,1H3,(H,34,38)(H,35,39)/t26-,27+,32+,33+/m1/s1. The molecule has 2 fully saturated rings. The Morgan fingerprint density at radius 2 is 1.62 bits per heavy atom. The minimum absolute atomic E-state index is 0.0877. The van der Waals surface area contributed by atoms with Gasteiger partial charge in [-0.05, 0) is 60.3 Å². The largest absolute Gasteiger partial charge is 0.325 e. The van der Waals surface area contributed by atoms with Crippen LogP contribution < -0.4 is 10.6 Å². The molecule has 0 aromatic heterocycles. The summed E-state index contributed by atoms with van der Waals surface area (Å²) in [6.45, 7) is 2.62. The van der Waals surface area contributed by atoms with Gasteiger partial charge in [0.25, 0.3) is 5.91 Å². The van der Waals surface area contributed by atoms with Crippen molar-refractivity contribution in [1.29, 1.82) is 0 Å². The highest BCUT2D eigenvalue weighted by molar-refractivity contribution is 6.21. The van der Waals surface area contributed by atoms with Crippen molar-refractivity contribution in [2.24, 2.45) is 5.92 Å². The molecule has 4 aromatic rings. The number of anilines is 2. The Morgan fingerprint density at radius 1 is 0.846 bits per heavy atom. The maximum absolute atomic E-state index is 14.8. The molecular formula is C33H27N3O3. The van der Waals surface area contributed by atoms with Crippen molar-refractivity contribution < 1.29 is 14.4 Å². The van der Waals surface area contributed by atoms with Gasteiger partial charge in [0, 0.05) is 28.5 Å². The lowest BCUT2D eigenvalue weighted by Crippen LogP contribution is -2.62. The summed E-state index contributed by atoms with van der Waals surface area (Å²) in [4.78, 5) is 46.1. The Morgan fingerprint density at radius 3 is 2.49 bits per heavy atom. The molecule has 2 spiro atoms. The van der Waals surface area contributed by atoms with Gasteiger partial charge in [-0.15, -0.1) is 0 Å². The van der Waals surface area contributed by atoms with Gasteiger partial charge in [-0.1, -0.05) is 72.8 Å². The molecule has 192 valence electrons. The van der Waals surface area contributed by atoms with Crippen LogP contribution in [0.5, 0.6) is 0 Å². The molecule has 4 aliphatic heterocycles. The summed E-state index contributed by atoms with van der Waals surface area (Å²) < 4.78 is 0. The van der Waals surface area contributed by atoms with Crippen molar-refractivity contribution in [2.75, 3.05) is 17.2 Å². The molecule has 2 N–H and O–H groups in total. The van der Waals surface area contributed by atoms with Gasteiger partial charge in [-0.25, -0.2) is 0 Å². The van der Waals surface area contributed by atoms with Gasteiger partial charge in [0.1, 0.15) is 11.0 Å². The Hall–Kier alpha value is -4.29. The van der Waals surface area contributed by atoms with E-state index in [-0.39, 0.29) is 23.6 Å². The van der Waals surface area contributed by atoms with Crippen LogP contribution in [0.3, 0.4) is 0 Å². The number of Topliss-reactive ketones (excluding diaryl/α,β-unsaturated/α-hetero) is 1. The van der Waals surface area contributed by atoms with Gasteiger partial charge in [0.2, 0.25) is 5.91 Å². The number of nitrogens with zero attached hydrogens (tertiary/aromatic N) is 1. The second-order valence-corrected chi connectivity index (χ2v) is 11.3. The molecule has 0 unspecified atom stereocenters. The number of rotatable bonds is 2. The normalized spacial score (nSPS) is 28.5. The number of hydrogen-bond acceptors (Lipinski definition) is 4. The highest BCUT2D eigenvalue weighted by Crippen LogP contribution is 2.68. The van der Waals surface area contributed by atoms with Crippen molar-refractivity contribution >= 4 is 39.7 Å². The average Bonchev–Trinajstić information content (AvgIpc) is 3.67. The topological polar surface area (TPSA) is 78.5 Å². The minimum atomic E-state index is -1.42. The van der Waals surface area contributed by atoms with Crippen molar-refractivity contribution in [3.63, 3.8) is 0 Å². The Kier molecular flexibility index (Phi) is 4.44. The van der Waals surface area contributed by atoms with Crippen molar-refractivity contribution in [3.05, 3.63) is 107 Å². The van der Waals surface area contributed by atoms with E-state index >= 15 is 0 Å². The monoisotopic (exact) mass is 513 g/mol. The molecule has 0 saturated carbocycles. The first-order valence-corrected chi connectivity index (χ1v) is 13.6. The SMILES string of the molecule is Cc1cccc2c1NC(=O)[C@@]21N2CCC[C@@H]2[C@@H](C(=O)c2ccc3ccccc3c2)[C@@]12C(=O)Nc1ccccc12. The van der Waals surface area contributed by atoms with E-state index in [9.17, 15) is 14.4 Å². The highest BCUT2D eigenvalue weighted by atomic mass is 16.2. The summed E-state index contributed by atoms with van der Waals surface area (Å²) in [6.07, 6.45) is 1.61. The molecule has 39 heavy (non-hydrogen) atoms. The van der Waals surface area contributed by atoms with Gasteiger partial charge in [0.05, 0.1) is 5.92 Å². The maximum atomic E-state index is 14.8. The Bertz CT molecular complexity index is 1760. The summed E-state index contributed by atoms with van der Waals surface area (Å²) in [5.41, 5.74) is 1.72. The summed E-state index contributed by atoms with van der Waals surface area (Å²) in [7, 11) is 0. The van der Waals surface area contributed by atoms with Crippen LogP contribution >= 0.6 is 0 Å². The van der Waals surface area contributed by atoms with E-state index < -0.39 is 16.9 Å². The van der Waals surface area contributed by atoms with E-state index in [4.69, 9.17) is 0 Å². The zero-order chi connectivity index (χ0) is 26.5. The number of aryl methyl sites for hydroxylation is 1. The number of benzene rings is 4. The number of hydrogen-bond donors (Lipinski definition) is 2. The van der Waals surface area contributed by atoms with Crippen LogP contribution in [0.15, 0.2) is 84.9 Å². The molecule has 4 heterocycles. The number of para-hydroxylation sites is 2. The first kappa shape index (κ1) is 22.7. The summed E-state index contributed by atoms with van der Waals surface area (Å²) in [6, 6.07) is 27.0. The van der Waals surface area contributed by atoms with Crippen LogP contribution in [0.25, 0.3) is 10.8 Å². The summed E-state index contributed by atoms with van der Waals surface area (Å²) in [5, 5.41) is 8.30. The molecule has 4 aromatic carbocycles. The first-order valence-electron chi connectivity index (χ1n) is 13.6. The fourth-order valence-electron chi connectivity index (χ4n) is 8.27. The number of carbonyl (C=O) groups excluding carboxylic acids is 3. The fraction of sp³-hybridized carbons (Fsp3) is 0.242. The van der Waals surface area contributed by atoms with E-state index in [0.29, 0.717) is 17.8 Å². The second kappa shape index (κ2) is 7.64. The third kappa shape index (κ3) is 2.53. The van der Waals surface area contributed by atoms with E-state index in [1.165, 1.54) is 0 Å². The van der Waals surface area contributed by atoms with Gasteiger partial charge < -0.3 is 10.6 Å². The van der Waals surface area contributed by atoms with Gasteiger partial charge in [0.15, 0.2) is 5.78 Å². The highest BCUT2D eigenvalue weighted by Gasteiger charge is 2.81. The zero-order valence-electron chi connectivity index (χ0n) is 21.5. The zero-order valence-corrected chi connectivity index (χ0v) is 21.5. The van der Waals surface area contributed by atoms with E-state index in [2.05, 4.69) is 15.5 Å². The van der Waals surface area contributed by atoms with Gasteiger partial charge >= 0.3 is 0 Å². The molecule has 0 aliphatic carbocycles. The van der Waals surface area contributed by atoms with Crippen molar-refractivity contribution in [2.45, 2.75) is 36.8 Å². The van der Waals surface area contributed by atoms with E-state index in [0.717, 1.165) is 46.0 Å². The number of nitrogens with one attached hydrogen (secondary N) is 2. The van der Waals surface area contributed by atoms with Gasteiger partial charge in [-0.3, -0.25) is 19.3 Å². The van der Waals surface area contributed by atoms with Crippen molar-refractivity contribution in [3.8, 4) is 0 Å². The predicted molar refractivity (Wildman–Crippen MR) is 150 cm³/mol. The third-order valence-corrected chi connectivity index (χ3v) is 9.66. The molecule has 6 heteroatoms. The Labute approximate surface area is 226 Å². The minimum Gasteiger partial charge on any atom is -0.325 e. The van der Waals surface area contributed by atoms with E-state index in [1.54, 1.807) is 0 Å². The molecule has 4 aliphatic rings. The van der Waals surface area contributed by atoms with E-state index in [1.807, 2.05) is 91.9 Å². The molecule has 2 saturated heterocycles. The molecule has 6 nitrogen and oxygen atoms in total. The number of amides is 2. The van der Waals surface area contributed by atoms with Crippen LogP contribution in [0.2, 0.25) is 0 Å². The lowest BCUT2D eigenvalue weighted by Gasteiger charge is -2.43. The quantitative estimate of drug-likeness (QED) is 0.363. The molecular weight excluding hydrogens is 486 g/mol. The second-order valence-electron chi connectivity index (χ2n) is 11.3.